The van der Waals surface area contributed by atoms with E-state index in [1.807, 2.05) is 0 Å². The predicted molar refractivity (Wildman–Crippen MR) is 73.6 cm³/mol. The van der Waals surface area contributed by atoms with Crippen LogP contribution >= 0.6 is 15.9 Å². The Morgan fingerprint density at radius 3 is 2.56 bits per heavy atom. The van der Waals surface area contributed by atoms with Crippen molar-refractivity contribution in [2.45, 2.75) is 4.90 Å². The Balaban J connectivity index is 2.40. The molecule has 3 N–H and O–H groups in total. The fourth-order valence-corrected chi connectivity index (χ4v) is 3.07. The molecule has 2 rings (SSSR count). The molecule has 1 heterocycles. The number of nitrogen functional groups attached to an aromatic ring is 1. The highest BCUT2D eigenvalue weighted by Gasteiger charge is 2.18. The molecule has 1 aromatic heterocycles. The molecule has 0 unspecified atom stereocenters. The van der Waals surface area contributed by atoms with Crippen molar-refractivity contribution in [3.63, 3.8) is 0 Å². The lowest BCUT2D eigenvalue weighted by molar-refractivity contribution is 0.601. The lowest BCUT2D eigenvalue weighted by Gasteiger charge is -2.10. The zero-order valence-electron chi connectivity index (χ0n) is 9.17. The van der Waals surface area contributed by atoms with E-state index in [0.29, 0.717) is 10.3 Å². The molecule has 7 heteroatoms. The minimum Gasteiger partial charge on any atom is -0.398 e. The molecule has 0 aliphatic carbocycles. The molecule has 18 heavy (non-hydrogen) atoms. The largest absolute Gasteiger partial charge is 0.398 e. The number of sulfonamides is 1. The Kier molecular flexibility index (Phi) is 3.53. The molecule has 0 atom stereocenters. The zero-order valence-corrected chi connectivity index (χ0v) is 11.6. The first-order valence-corrected chi connectivity index (χ1v) is 7.26. The molecule has 0 saturated carbocycles. The number of aromatic nitrogens is 1. The van der Waals surface area contributed by atoms with Crippen molar-refractivity contribution in [1.29, 1.82) is 0 Å². The highest BCUT2D eigenvalue weighted by molar-refractivity contribution is 9.10. The first kappa shape index (κ1) is 12.8. The van der Waals surface area contributed by atoms with Gasteiger partial charge in [-0.2, -0.15) is 0 Å². The number of hydrogen-bond acceptors (Lipinski definition) is 4. The first-order chi connectivity index (χ1) is 8.50. The van der Waals surface area contributed by atoms with Crippen molar-refractivity contribution in [1.82, 2.24) is 4.98 Å². The van der Waals surface area contributed by atoms with Crippen LogP contribution in [0.1, 0.15) is 0 Å². The minimum atomic E-state index is -3.71. The molecular formula is C11H10BrN3O2S. The minimum absolute atomic E-state index is 0.0424. The topological polar surface area (TPSA) is 85.1 Å². The van der Waals surface area contributed by atoms with E-state index in [1.165, 1.54) is 12.1 Å². The second-order valence-electron chi connectivity index (χ2n) is 3.49. The third kappa shape index (κ3) is 2.62. The fraction of sp³-hybridized carbons (Fsp3) is 0. The standard InChI is InChI=1S/C11H10BrN3O2S/c12-11-9(5-3-7-14-11)15-18(16,17)10-6-2-1-4-8(10)13/h1-7,15H,13H2. The molecule has 0 saturated heterocycles. The van der Waals surface area contributed by atoms with Gasteiger partial charge in [0, 0.05) is 6.20 Å². The number of nitrogens with zero attached hydrogens (tertiary/aromatic N) is 1. The van der Waals surface area contributed by atoms with Gasteiger partial charge in [-0.15, -0.1) is 0 Å². The van der Waals surface area contributed by atoms with Gasteiger partial charge in [0.05, 0.1) is 11.4 Å². The molecule has 94 valence electrons. The van der Waals surface area contributed by atoms with E-state index in [1.54, 1.807) is 30.5 Å². The molecule has 2 aromatic rings. The molecule has 1 aromatic carbocycles. The van der Waals surface area contributed by atoms with E-state index >= 15 is 0 Å². The van der Waals surface area contributed by atoms with E-state index in [0.717, 1.165) is 0 Å². The van der Waals surface area contributed by atoms with E-state index in [-0.39, 0.29) is 10.6 Å². The number of para-hydroxylation sites is 1. The van der Waals surface area contributed by atoms with Crippen molar-refractivity contribution >= 4 is 37.3 Å². The van der Waals surface area contributed by atoms with Crippen LogP contribution in [0, 0.1) is 0 Å². The van der Waals surface area contributed by atoms with Gasteiger partial charge in [0.25, 0.3) is 10.0 Å². The number of nitrogens with one attached hydrogen (secondary N) is 1. The summed E-state index contributed by atoms with van der Waals surface area (Å²) in [6, 6.07) is 9.51. The van der Waals surface area contributed by atoms with Gasteiger partial charge in [0.1, 0.15) is 9.50 Å². The van der Waals surface area contributed by atoms with Crippen molar-refractivity contribution in [3.05, 3.63) is 47.2 Å². The second-order valence-corrected chi connectivity index (χ2v) is 5.89. The van der Waals surface area contributed by atoms with E-state index in [2.05, 4.69) is 25.6 Å². The summed E-state index contributed by atoms with van der Waals surface area (Å²) in [7, 11) is -3.71. The highest BCUT2D eigenvalue weighted by atomic mass is 79.9. The van der Waals surface area contributed by atoms with Crippen molar-refractivity contribution < 1.29 is 8.42 Å². The number of nitrogens with two attached hydrogens (primary N) is 1. The van der Waals surface area contributed by atoms with Gasteiger partial charge in [-0.05, 0) is 40.2 Å². The summed E-state index contributed by atoms with van der Waals surface area (Å²) < 4.78 is 27.1. The number of halogens is 1. The Labute approximate surface area is 113 Å². The maximum absolute atomic E-state index is 12.1. The monoisotopic (exact) mass is 327 g/mol. The number of hydrogen-bond donors (Lipinski definition) is 2. The van der Waals surface area contributed by atoms with Crippen LogP contribution in [0.2, 0.25) is 0 Å². The van der Waals surface area contributed by atoms with Crippen LogP contribution in [0.3, 0.4) is 0 Å². The summed E-state index contributed by atoms with van der Waals surface area (Å²) in [5, 5.41) is 0. The highest BCUT2D eigenvalue weighted by Crippen LogP contribution is 2.24. The van der Waals surface area contributed by atoms with Crippen LogP contribution in [0.5, 0.6) is 0 Å². The Morgan fingerprint density at radius 2 is 1.89 bits per heavy atom. The van der Waals surface area contributed by atoms with Crippen LogP contribution in [0.25, 0.3) is 0 Å². The van der Waals surface area contributed by atoms with Crippen LogP contribution in [0.15, 0.2) is 52.1 Å². The third-order valence-electron chi connectivity index (χ3n) is 2.21. The van der Waals surface area contributed by atoms with Gasteiger partial charge in [-0.3, -0.25) is 4.72 Å². The molecule has 0 bridgehead atoms. The fourth-order valence-electron chi connectivity index (χ4n) is 1.39. The molecule has 0 spiro atoms. The average Bonchev–Trinajstić information content (AvgIpc) is 2.32. The Hall–Kier alpha value is -1.60. The molecule has 0 radical (unpaired) electrons. The summed E-state index contributed by atoms with van der Waals surface area (Å²) in [5.41, 5.74) is 6.21. The van der Waals surface area contributed by atoms with Gasteiger partial charge in [-0.25, -0.2) is 13.4 Å². The average molecular weight is 328 g/mol. The molecule has 0 aliphatic rings. The lowest BCUT2D eigenvalue weighted by Crippen LogP contribution is -2.15. The summed E-state index contributed by atoms with van der Waals surface area (Å²) in [4.78, 5) is 3.98. The summed E-state index contributed by atoms with van der Waals surface area (Å²) in [6.45, 7) is 0. The smallest absolute Gasteiger partial charge is 0.264 e. The van der Waals surface area contributed by atoms with Crippen LogP contribution < -0.4 is 10.5 Å². The van der Waals surface area contributed by atoms with E-state index in [9.17, 15) is 8.42 Å². The maximum atomic E-state index is 12.1. The lowest BCUT2D eigenvalue weighted by atomic mass is 10.3. The van der Waals surface area contributed by atoms with Gasteiger partial charge >= 0.3 is 0 Å². The van der Waals surface area contributed by atoms with Gasteiger partial charge in [0.2, 0.25) is 0 Å². The second kappa shape index (κ2) is 4.95. The summed E-state index contributed by atoms with van der Waals surface area (Å²) in [6.07, 6.45) is 1.55. The zero-order chi connectivity index (χ0) is 13.2. The van der Waals surface area contributed by atoms with E-state index in [4.69, 9.17) is 5.73 Å². The molecule has 0 aliphatic heterocycles. The molecule has 0 fully saturated rings. The van der Waals surface area contributed by atoms with Crippen LogP contribution in [-0.2, 0) is 10.0 Å². The van der Waals surface area contributed by atoms with E-state index < -0.39 is 10.0 Å². The van der Waals surface area contributed by atoms with Gasteiger partial charge in [0.15, 0.2) is 0 Å². The Morgan fingerprint density at radius 1 is 1.17 bits per heavy atom. The number of benzene rings is 1. The summed E-state index contributed by atoms with van der Waals surface area (Å²) >= 11 is 3.17. The van der Waals surface area contributed by atoms with Crippen LogP contribution in [0.4, 0.5) is 11.4 Å². The SMILES string of the molecule is Nc1ccccc1S(=O)(=O)Nc1cccnc1Br. The molecule has 5 nitrogen and oxygen atoms in total. The Bertz CT molecular complexity index is 673. The maximum Gasteiger partial charge on any atom is 0.264 e. The normalized spacial score (nSPS) is 11.2. The third-order valence-corrected chi connectivity index (χ3v) is 4.28. The molecule has 0 amide bonds. The quantitative estimate of drug-likeness (QED) is 0.668. The first-order valence-electron chi connectivity index (χ1n) is 4.98. The van der Waals surface area contributed by atoms with Crippen molar-refractivity contribution in [2.24, 2.45) is 0 Å². The summed E-state index contributed by atoms with van der Waals surface area (Å²) in [5.74, 6) is 0. The number of anilines is 2. The number of rotatable bonds is 3. The molecular weight excluding hydrogens is 318 g/mol. The van der Waals surface area contributed by atoms with Gasteiger partial charge in [-0.1, -0.05) is 12.1 Å². The van der Waals surface area contributed by atoms with Crippen LogP contribution in [-0.4, -0.2) is 13.4 Å². The number of pyridine rings is 1. The predicted octanol–water partition coefficient (Wildman–Crippen LogP) is 2.23. The van der Waals surface area contributed by atoms with Crippen molar-refractivity contribution in [2.75, 3.05) is 10.5 Å². The van der Waals surface area contributed by atoms with Gasteiger partial charge < -0.3 is 5.73 Å². The van der Waals surface area contributed by atoms with Crippen molar-refractivity contribution in [3.8, 4) is 0 Å².